The number of pyridine rings is 2. The van der Waals surface area contributed by atoms with Gasteiger partial charge in [-0.05, 0) is 43.3 Å². The molecular weight excluding hydrogens is 429 g/mol. The molecule has 4 heterocycles. The van der Waals surface area contributed by atoms with Crippen molar-refractivity contribution >= 4 is 0 Å². The van der Waals surface area contributed by atoms with Gasteiger partial charge in [-0.3, -0.25) is 10.2 Å². The van der Waals surface area contributed by atoms with Gasteiger partial charge < -0.3 is 0 Å². The second-order valence-corrected chi connectivity index (χ2v) is 7.46. The quantitative estimate of drug-likeness (QED) is 0.359. The van der Waals surface area contributed by atoms with Crippen LogP contribution in [0.2, 0.25) is 0 Å². The van der Waals surface area contributed by atoms with Crippen molar-refractivity contribution in [1.29, 1.82) is 0 Å². The average molecular weight is 446 g/mol. The van der Waals surface area contributed by atoms with E-state index in [0.717, 1.165) is 40.0 Å². The van der Waals surface area contributed by atoms with Crippen LogP contribution < -0.4 is 0 Å². The van der Waals surface area contributed by atoms with E-state index < -0.39 is 11.9 Å². The normalized spacial score (nSPS) is 11.6. The number of H-pyrrole nitrogens is 2. The second-order valence-electron chi connectivity index (χ2n) is 7.46. The molecule has 5 rings (SSSR count). The molecular formula is C24H17F3N6. The van der Waals surface area contributed by atoms with Gasteiger partial charge in [0.2, 0.25) is 0 Å². The number of nitrogens with zero attached hydrogens (tertiary/aromatic N) is 4. The minimum absolute atomic E-state index is 0.121. The Labute approximate surface area is 186 Å². The van der Waals surface area contributed by atoms with Gasteiger partial charge in [0, 0.05) is 16.8 Å². The zero-order valence-corrected chi connectivity index (χ0v) is 17.4. The minimum atomic E-state index is -4.50. The number of nitrogens with one attached hydrogen (secondary N) is 2. The maximum Gasteiger partial charge on any atom is 0.432 e. The van der Waals surface area contributed by atoms with Gasteiger partial charge in [0.15, 0.2) is 0 Å². The number of aromatic amines is 2. The summed E-state index contributed by atoms with van der Waals surface area (Å²) in [4.78, 5) is 9.35. The second kappa shape index (κ2) is 8.01. The van der Waals surface area contributed by atoms with E-state index in [0.29, 0.717) is 11.4 Å². The van der Waals surface area contributed by atoms with Crippen LogP contribution in [-0.4, -0.2) is 30.4 Å². The Morgan fingerprint density at radius 3 is 1.61 bits per heavy atom. The SMILES string of the molecule is Cc1cc(-c2cccc(-c3ccccc3-c3cccc(-c4cc(C(F)(F)F)[nH]n4)n3)n2)n[nH]1. The lowest BCUT2D eigenvalue weighted by Crippen LogP contribution is -2.04. The van der Waals surface area contributed by atoms with E-state index in [1.54, 1.807) is 18.2 Å². The van der Waals surface area contributed by atoms with Crippen LogP contribution in [-0.2, 0) is 6.18 Å². The number of aryl methyl sites for hydroxylation is 1. The van der Waals surface area contributed by atoms with E-state index in [9.17, 15) is 13.2 Å². The summed E-state index contributed by atoms with van der Waals surface area (Å²) in [6, 6.07) is 21.4. The van der Waals surface area contributed by atoms with Gasteiger partial charge >= 0.3 is 6.18 Å². The molecule has 2 N–H and O–H groups in total. The highest BCUT2D eigenvalue weighted by molar-refractivity contribution is 5.81. The predicted molar refractivity (Wildman–Crippen MR) is 118 cm³/mol. The first-order valence-corrected chi connectivity index (χ1v) is 10.1. The molecule has 0 fully saturated rings. The van der Waals surface area contributed by atoms with Crippen LogP contribution in [0.1, 0.15) is 11.4 Å². The van der Waals surface area contributed by atoms with Crippen LogP contribution >= 0.6 is 0 Å². The average Bonchev–Trinajstić information content (AvgIpc) is 3.49. The van der Waals surface area contributed by atoms with Crippen LogP contribution in [0.15, 0.2) is 72.8 Å². The highest BCUT2D eigenvalue weighted by atomic mass is 19.4. The van der Waals surface area contributed by atoms with Crippen LogP contribution in [0.3, 0.4) is 0 Å². The summed E-state index contributed by atoms with van der Waals surface area (Å²) in [7, 11) is 0. The maximum absolute atomic E-state index is 13.0. The van der Waals surface area contributed by atoms with Crippen molar-refractivity contribution in [1.82, 2.24) is 30.4 Å². The molecule has 0 radical (unpaired) electrons. The molecule has 0 saturated heterocycles. The number of alkyl halides is 3. The highest BCUT2D eigenvalue weighted by Gasteiger charge is 2.33. The molecule has 6 nitrogen and oxygen atoms in total. The Hall–Kier alpha value is -4.27. The van der Waals surface area contributed by atoms with Crippen molar-refractivity contribution in [2.75, 3.05) is 0 Å². The third-order valence-corrected chi connectivity index (χ3v) is 5.09. The fourth-order valence-electron chi connectivity index (χ4n) is 3.53. The molecule has 0 unspecified atom stereocenters. The van der Waals surface area contributed by atoms with Gasteiger partial charge in [-0.15, -0.1) is 0 Å². The molecule has 5 aromatic rings. The van der Waals surface area contributed by atoms with Crippen molar-refractivity contribution in [2.45, 2.75) is 13.1 Å². The number of rotatable bonds is 4. The predicted octanol–water partition coefficient (Wildman–Crippen LogP) is 5.92. The van der Waals surface area contributed by atoms with Crippen LogP contribution in [0.4, 0.5) is 13.2 Å². The molecule has 0 atom stereocenters. The summed E-state index contributed by atoms with van der Waals surface area (Å²) in [5.74, 6) is 0. The third kappa shape index (κ3) is 4.12. The number of aromatic nitrogens is 6. The summed E-state index contributed by atoms with van der Waals surface area (Å²) in [6.07, 6.45) is -4.50. The summed E-state index contributed by atoms with van der Waals surface area (Å²) in [6.45, 7) is 1.92. The Balaban J connectivity index is 1.55. The first kappa shape index (κ1) is 20.6. The standard InChI is InChI=1S/C24H17F3N6/c1-14-12-21(31-30-14)19-10-4-8-17(28-19)15-6-2-3-7-16(15)18-9-5-11-20(29-18)22-13-23(33-32-22)24(25,26)27/h2-13H,1H3,(H,30,31)(H,32,33). The van der Waals surface area contributed by atoms with E-state index in [1.165, 1.54) is 0 Å². The van der Waals surface area contributed by atoms with Gasteiger partial charge in [-0.2, -0.15) is 23.4 Å². The van der Waals surface area contributed by atoms with Gasteiger partial charge in [-0.25, -0.2) is 9.97 Å². The van der Waals surface area contributed by atoms with Gasteiger partial charge in [0.1, 0.15) is 17.1 Å². The van der Waals surface area contributed by atoms with Gasteiger partial charge in [-0.1, -0.05) is 36.4 Å². The topological polar surface area (TPSA) is 83.1 Å². The Morgan fingerprint density at radius 1 is 0.606 bits per heavy atom. The molecule has 0 bridgehead atoms. The lowest BCUT2D eigenvalue weighted by Gasteiger charge is -2.10. The number of benzene rings is 1. The lowest BCUT2D eigenvalue weighted by molar-refractivity contribution is -0.141. The van der Waals surface area contributed by atoms with Gasteiger partial charge in [0.05, 0.1) is 22.8 Å². The van der Waals surface area contributed by atoms with Crippen LogP contribution in [0, 0.1) is 6.92 Å². The summed E-state index contributed by atoms with van der Waals surface area (Å²) in [5.41, 5.74) is 4.92. The number of halogens is 3. The molecule has 164 valence electrons. The van der Waals surface area contributed by atoms with Crippen molar-refractivity contribution in [3.63, 3.8) is 0 Å². The number of hydrogen-bond donors (Lipinski definition) is 2. The van der Waals surface area contributed by atoms with Gasteiger partial charge in [0.25, 0.3) is 0 Å². The third-order valence-electron chi connectivity index (χ3n) is 5.09. The largest absolute Gasteiger partial charge is 0.432 e. The Bertz CT molecular complexity index is 1430. The van der Waals surface area contributed by atoms with E-state index in [1.807, 2.05) is 60.6 Å². The molecule has 1 aromatic carbocycles. The Morgan fingerprint density at radius 2 is 1.12 bits per heavy atom. The van der Waals surface area contributed by atoms with Crippen molar-refractivity contribution < 1.29 is 13.2 Å². The van der Waals surface area contributed by atoms with Crippen molar-refractivity contribution in [3.8, 4) is 45.3 Å². The van der Waals surface area contributed by atoms with E-state index >= 15 is 0 Å². The van der Waals surface area contributed by atoms with Crippen molar-refractivity contribution in [2.24, 2.45) is 0 Å². The molecule has 0 aliphatic heterocycles. The monoisotopic (exact) mass is 446 g/mol. The molecule has 0 spiro atoms. The van der Waals surface area contributed by atoms with Crippen LogP contribution in [0.25, 0.3) is 45.3 Å². The smallest absolute Gasteiger partial charge is 0.282 e. The van der Waals surface area contributed by atoms with Crippen LogP contribution in [0.5, 0.6) is 0 Å². The zero-order valence-electron chi connectivity index (χ0n) is 17.4. The molecule has 0 aliphatic rings. The minimum Gasteiger partial charge on any atom is -0.282 e. The highest BCUT2D eigenvalue weighted by Crippen LogP contribution is 2.33. The number of hydrogen-bond acceptors (Lipinski definition) is 4. The first-order chi connectivity index (χ1) is 15.9. The summed E-state index contributed by atoms with van der Waals surface area (Å²) in [5, 5.41) is 13.0. The molecule has 4 aromatic heterocycles. The molecule has 0 aliphatic carbocycles. The molecule has 0 saturated carbocycles. The fourth-order valence-corrected chi connectivity index (χ4v) is 3.53. The fraction of sp³-hybridized carbons (Fsp3) is 0.0833. The summed E-state index contributed by atoms with van der Waals surface area (Å²) < 4.78 is 38.9. The lowest BCUT2D eigenvalue weighted by atomic mass is 10.00. The summed E-state index contributed by atoms with van der Waals surface area (Å²) >= 11 is 0. The van der Waals surface area contributed by atoms with Crippen molar-refractivity contribution in [3.05, 3.63) is 84.2 Å². The molecule has 9 heteroatoms. The maximum atomic E-state index is 13.0. The van der Waals surface area contributed by atoms with E-state index in [2.05, 4.69) is 20.3 Å². The zero-order chi connectivity index (χ0) is 23.0. The van der Waals surface area contributed by atoms with E-state index in [-0.39, 0.29) is 5.69 Å². The molecule has 33 heavy (non-hydrogen) atoms. The van der Waals surface area contributed by atoms with E-state index in [4.69, 9.17) is 4.98 Å². The molecule has 0 amide bonds. The Kier molecular flexibility index (Phi) is 5.01. The first-order valence-electron chi connectivity index (χ1n) is 10.1.